The Morgan fingerprint density at radius 1 is 1.07 bits per heavy atom. The number of hydrogen-bond donors (Lipinski definition) is 1. The second kappa shape index (κ2) is 7.24. The Kier molecular flexibility index (Phi) is 4.77. The zero-order valence-electron chi connectivity index (χ0n) is 16.2. The molecule has 144 valence electrons. The minimum atomic E-state index is -0.418. The molecule has 0 aliphatic heterocycles. The van der Waals surface area contributed by atoms with Crippen molar-refractivity contribution >= 4 is 16.9 Å². The monoisotopic (exact) mass is 376 g/mol. The van der Waals surface area contributed by atoms with Gasteiger partial charge in [-0.3, -0.25) is 9.69 Å². The standard InChI is InChI=1S/C23H24N2O3/c1-14-9-20-18(11-22(26)28-21(20)10-15(14)2)13-25(19-7-8-19)12-16-3-5-17(6-4-16)23(24)27/h3-6,9-11,19H,7-8,12-13H2,1-2H3,(H2,24,27). The summed E-state index contributed by atoms with van der Waals surface area (Å²) in [5.41, 5.74) is 10.6. The summed E-state index contributed by atoms with van der Waals surface area (Å²) in [6.45, 7) is 5.54. The van der Waals surface area contributed by atoms with Gasteiger partial charge in [0.1, 0.15) is 5.58 Å². The first-order chi connectivity index (χ1) is 13.4. The fourth-order valence-electron chi connectivity index (χ4n) is 3.60. The number of carbonyl (C=O) groups is 1. The van der Waals surface area contributed by atoms with Crippen molar-refractivity contribution < 1.29 is 9.21 Å². The van der Waals surface area contributed by atoms with Gasteiger partial charge in [0.25, 0.3) is 0 Å². The number of amides is 1. The third-order valence-corrected chi connectivity index (χ3v) is 5.51. The predicted octanol–water partition coefficient (Wildman–Crippen LogP) is 3.67. The minimum absolute atomic E-state index is 0.313. The van der Waals surface area contributed by atoms with Gasteiger partial charge < -0.3 is 10.2 Å². The van der Waals surface area contributed by atoms with E-state index in [4.69, 9.17) is 10.2 Å². The van der Waals surface area contributed by atoms with E-state index >= 15 is 0 Å². The molecule has 1 heterocycles. The van der Waals surface area contributed by atoms with E-state index in [9.17, 15) is 9.59 Å². The zero-order chi connectivity index (χ0) is 19.8. The number of carbonyl (C=O) groups excluding carboxylic acids is 1. The molecule has 1 aliphatic carbocycles. The number of rotatable bonds is 6. The molecule has 3 aromatic rings. The number of aryl methyl sites for hydroxylation is 2. The fraction of sp³-hybridized carbons (Fsp3) is 0.304. The van der Waals surface area contributed by atoms with E-state index in [1.165, 1.54) is 5.56 Å². The summed E-state index contributed by atoms with van der Waals surface area (Å²) in [4.78, 5) is 25.8. The number of fused-ring (bicyclic) bond motifs is 1. The van der Waals surface area contributed by atoms with Crippen LogP contribution in [0.3, 0.4) is 0 Å². The van der Waals surface area contributed by atoms with Crippen molar-refractivity contribution in [1.82, 2.24) is 4.90 Å². The molecule has 0 spiro atoms. The van der Waals surface area contributed by atoms with Gasteiger partial charge in [-0.2, -0.15) is 0 Å². The van der Waals surface area contributed by atoms with Crippen LogP contribution in [-0.2, 0) is 13.1 Å². The Bertz CT molecular complexity index is 1100. The number of benzene rings is 2. The lowest BCUT2D eigenvalue weighted by molar-refractivity contribution is 0.1000. The average molecular weight is 376 g/mol. The normalized spacial score (nSPS) is 14.0. The van der Waals surface area contributed by atoms with Crippen molar-refractivity contribution in [2.24, 2.45) is 5.73 Å². The zero-order valence-corrected chi connectivity index (χ0v) is 16.2. The lowest BCUT2D eigenvalue weighted by Gasteiger charge is -2.23. The van der Waals surface area contributed by atoms with E-state index in [2.05, 4.69) is 17.9 Å². The van der Waals surface area contributed by atoms with Gasteiger partial charge in [-0.25, -0.2) is 4.79 Å². The molecule has 0 bridgehead atoms. The Balaban J connectivity index is 1.64. The van der Waals surface area contributed by atoms with E-state index in [0.29, 0.717) is 23.7 Å². The van der Waals surface area contributed by atoms with Crippen LogP contribution in [0.2, 0.25) is 0 Å². The van der Waals surface area contributed by atoms with Crippen LogP contribution in [0.4, 0.5) is 0 Å². The van der Waals surface area contributed by atoms with Gasteiger partial charge in [0, 0.05) is 36.1 Å². The van der Waals surface area contributed by atoms with Crippen molar-refractivity contribution in [2.75, 3.05) is 0 Å². The SMILES string of the molecule is Cc1cc2oc(=O)cc(CN(Cc3ccc(C(N)=O)cc3)C3CC3)c2cc1C. The largest absolute Gasteiger partial charge is 0.423 e. The lowest BCUT2D eigenvalue weighted by Crippen LogP contribution is -2.25. The van der Waals surface area contributed by atoms with Gasteiger partial charge in [-0.15, -0.1) is 0 Å². The molecular formula is C23H24N2O3. The van der Waals surface area contributed by atoms with Crippen LogP contribution in [0.5, 0.6) is 0 Å². The maximum atomic E-state index is 12.1. The van der Waals surface area contributed by atoms with Crippen molar-refractivity contribution in [3.8, 4) is 0 Å². The molecule has 1 amide bonds. The van der Waals surface area contributed by atoms with Crippen LogP contribution in [0.15, 0.2) is 51.7 Å². The van der Waals surface area contributed by atoms with Gasteiger partial charge in [0.15, 0.2) is 0 Å². The second-order valence-electron chi connectivity index (χ2n) is 7.72. The first kappa shape index (κ1) is 18.4. The molecule has 1 fully saturated rings. The number of primary amides is 1. The van der Waals surface area contributed by atoms with Crippen LogP contribution in [0, 0.1) is 13.8 Å². The van der Waals surface area contributed by atoms with Crippen LogP contribution in [0.25, 0.3) is 11.0 Å². The summed E-state index contributed by atoms with van der Waals surface area (Å²) in [6, 6.07) is 13.6. The summed E-state index contributed by atoms with van der Waals surface area (Å²) < 4.78 is 5.43. The molecule has 0 atom stereocenters. The quantitative estimate of drug-likeness (QED) is 0.666. The Morgan fingerprint density at radius 3 is 2.39 bits per heavy atom. The van der Waals surface area contributed by atoms with Crippen LogP contribution in [-0.4, -0.2) is 16.8 Å². The van der Waals surface area contributed by atoms with Gasteiger partial charge in [-0.05, 0) is 73.2 Å². The lowest BCUT2D eigenvalue weighted by atomic mass is 10.0. The number of hydrogen-bond acceptors (Lipinski definition) is 4. The molecule has 4 rings (SSSR count). The minimum Gasteiger partial charge on any atom is -0.423 e. The first-order valence-electron chi connectivity index (χ1n) is 9.57. The molecule has 2 N–H and O–H groups in total. The van der Waals surface area contributed by atoms with Crippen molar-refractivity contribution in [3.05, 3.63) is 80.7 Å². The molecule has 28 heavy (non-hydrogen) atoms. The van der Waals surface area contributed by atoms with Crippen LogP contribution < -0.4 is 11.4 Å². The maximum Gasteiger partial charge on any atom is 0.336 e. The summed E-state index contributed by atoms with van der Waals surface area (Å²) in [5.74, 6) is -0.418. The third-order valence-electron chi connectivity index (χ3n) is 5.51. The summed E-state index contributed by atoms with van der Waals surface area (Å²) in [5, 5.41) is 0.998. The number of nitrogens with two attached hydrogens (primary N) is 1. The molecular weight excluding hydrogens is 352 g/mol. The topological polar surface area (TPSA) is 76.5 Å². The molecule has 0 radical (unpaired) electrons. The van der Waals surface area contributed by atoms with Crippen molar-refractivity contribution in [3.63, 3.8) is 0 Å². The Morgan fingerprint density at radius 2 is 1.75 bits per heavy atom. The second-order valence-corrected chi connectivity index (χ2v) is 7.72. The number of nitrogens with zero attached hydrogens (tertiary/aromatic N) is 1. The Hall–Kier alpha value is -2.92. The van der Waals surface area contributed by atoms with E-state index < -0.39 is 5.91 Å². The summed E-state index contributed by atoms with van der Waals surface area (Å²) >= 11 is 0. The maximum absolute atomic E-state index is 12.1. The molecule has 5 nitrogen and oxygen atoms in total. The van der Waals surface area contributed by atoms with Crippen LogP contribution in [0.1, 0.15) is 45.5 Å². The van der Waals surface area contributed by atoms with Crippen molar-refractivity contribution in [1.29, 1.82) is 0 Å². The smallest absolute Gasteiger partial charge is 0.336 e. The summed E-state index contributed by atoms with van der Waals surface area (Å²) in [6.07, 6.45) is 2.33. The highest BCUT2D eigenvalue weighted by Crippen LogP contribution is 2.31. The Labute approximate surface area is 163 Å². The fourth-order valence-corrected chi connectivity index (χ4v) is 3.60. The molecule has 5 heteroatoms. The molecule has 2 aromatic carbocycles. The average Bonchev–Trinajstić information content (AvgIpc) is 3.48. The van der Waals surface area contributed by atoms with Gasteiger partial charge in [0.05, 0.1) is 0 Å². The highest BCUT2D eigenvalue weighted by atomic mass is 16.4. The molecule has 0 saturated heterocycles. The van der Waals surface area contributed by atoms with Gasteiger partial charge in [-0.1, -0.05) is 12.1 Å². The van der Waals surface area contributed by atoms with E-state index in [-0.39, 0.29) is 5.63 Å². The van der Waals surface area contributed by atoms with E-state index in [1.54, 1.807) is 18.2 Å². The van der Waals surface area contributed by atoms with E-state index in [0.717, 1.165) is 41.5 Å². The predicted molar refractivity (Wildman–Crippen MR) is 109 cm³/mol. The molecule has 0 unspecified atom stereocenters. The van der Waals surface area contributed by atoms with Crippen LogP contribution >= 0.6 is 0 Å². The highest BCUT2D eigenvalue weighted by Gasteiger charge is 2.29. The van der Waals surface area contributed by atoms with Crippen molar-refractivity contribution in [2.45, 2.75) is 45.8 Å². The first-order valence-corrected chi connectivity index (χ1v) is 9.57. The third kappa shape index (κ3) is 3.85. The summed E-state index contributed by atoms with van der Waals surface area (Å²) in [7, 11) is 0. The highest BCUT2D eigenvalue weighted by molar-refractivity contribution is 5.92. The van der Waals surface area contributed by atoms with Gasteiger partial charge in [0.2, 0.25) is 5.91 Å². The molecule has 1 saturated carbocycles. The molecule has 1 aliphatic rings. The van der Waals surface area contributed by atoms with Gasteiger partial charge >= 0.3 is 5.63 Å². The van der Waals surface area contributed by atoms with E-state index in [1.807, 2.05) is 25.1 Å². The molecule has 1 aromatic heterocycles.